The van der Waals surface area contributed by atoms with Gasteiger partial charge in [0.25, 0.3) is 0 Å². The normalized spacial score (nSPS) is 25.2. The van der Waals surface area contributed by atoms with Crippen LogP contribution in [0.4, 0.5) is 5.69 Å². The zero-order valence-corrected chi connectivity index (χ0v) is 20.2. The number of likely N-dealkylation sites (tertiary alicyclic amines) is 1. The van der Waals surface area contributed by atoms with Crippen LogP contribution >= 0.6 is 0 Å². The van der Waals surface area contributed by atoms with E-state index in [9.17, 15) is 9.90 Å². The number of carbonyl (C=O) groups is 1. The predicted octanol–water partition coefficient (Wildman–Crippen LogP) is 4.63. The standard InChI is InChI=1S/C27H36N2O4/c1-18-13-19(2)15-21(14-18)28-25(30)17-29-12-11-27(31)10-6-5-7-22(27)26(29)20-8-9-23(32-3)24(16-20)33-4/h8-9,13-16,22,26,31H,5-7,10-12,17H2,1-4H3,(H,28,30)/t22?,26-,27?/m0/s1. The van der Waals surface area contributed by atoms with Gasteiger partial charge in [0.1, 0.15) is 0 Å². The average Bonchev–Trinajstić information content (AvgIpc) is 2.77. The fraction of sp³-hybridized carbons (Fsp3) is 0.519. The molecule has 6 heteroatoms. The highest BCUT2D eigenvalue weighted by Crippen LogP contribution is 2.50. The molecule has 33 heavy (non-hydrogen) atoms. The number of nitrogens with zero attached hydrogens (tertiary/aromatic N) is 1. The highest BCUT2D eigenvalue weighted by Gasteiger charge is 2.49. The lowest BCUT2D eigenvalue weighted by molar-refractivity contribution is -0.135. The Kier molecular flexibility index (Phi) is 6.96. The minimum absolute atomic E-state index is 0.0354. The van der Waals surface area contributed by atoms with Crippen LogP contribution in [0.3, 0.4) is 0 Å². The summed E-state index contributed by atoms with van der Waals surface area (Å²) in [6.45, 7) is 5.01. The highest BCUT2D eigenvalue weighted by atomic mass is 16.5. The Morgan fingerprint density at radius 2 is 1.79 bits per heavy atom. The van der Waals surface area contributed by atoms with Gasteiger partial charge in [-0.2, -0.15) is 0 Å². The fourth-order valence-corrected chi connectivity index (χ4v) is 5.83. The van der Waals surface area contributed by atoms with Crippen molar-refractivity contribution < 1.29 is 19.4 Å². The van der Waals surface area contributed by atoms with Gasteiger partial charge < -0.3 is 19.9 Å². The predicted molar refractivity (Wildman–Crippen MR) is 130 cm³/mol. The van der Waals surface area contributed by atoms with E-state index >= 15 is 0 Å². The minimum Gasteiger partial charge on any atom is -0.493 e. The third-order valence-corrected chi connectivity index (χ3v) is 7.27. The zero-order valence-electron chi connectivity index (χ0n) is 20.2. The topological polar surface area (TPSA) is 71.0 Å². The first-order valence-corrected chi connectivity index (χ1v) is 11.9. The van der Waals surface area contributed by atoms with Crippen LogP contribution < -0.4 is 14.8 Å². The molecule has 1 saturated carbocycles. The summed E-state index contributed by atoms with van der Waals surface area (Å²) in [7, 11) is 3.26. The number of nitrogens with one attached hydrogen (secondary N) is 1. The number of rotatable bonds is 6. The Bertz CT molecular complexity index is 987. The molecule has 2 unspecified atom stereocenters. The van der Waals surface area contributed by atoms with Crippen LogP contribution in [-0.2, 0) is 4.79 Å². The molecule has 1 aliphatic heterocycles. The highest BCUT2D eigenvalue weighted by molar-refractivity contribution is 5.92. The second kappa shape index (κ2) is 9.74. The molecular weight excluding hydrogens is 416 g/mol. The number of piperidine rings is 1. The average molecular weight is 453 g/mol. The molecule has 2 N–H and O–H groups in total. The molecule has 1 amide bonds. The molecule has 2 aliphatic rings. The molecule has 1 aliphatic carbocycles. The lowest BCUT2D eigenvalue weighted by Crippen LogP contribution is -2.56. The summed E-state index contributed by atoms with van der Waals surface area (Å²) in [5.41, 5.74) is 3.44. The smallest absolute Gasteiger partial charge is 0.238 e. The molecule has 0 bridgehead atoms. The van der Waals surface area contributed by atoms with E-state index in [-0.39, 0.29) is 24.4 Å². The van der Waals surface area contributed by atoms with Crippen molar-refractivity contribution in [1.82, 2.24) is 4.90 Å². The maximum Gasteiger partial charge on any atom is 0.238 e. The summed E-state index contributed by atoms with van der Waals surface area (Å²) in [5, 5.41) is 14.6. The van der Waals surface area contributed by atoms with Gasteiger partial charge in [0, 0.05) is 24.2 Å². The lowest BCUT2D eigenvalue weighted by atomic mass is 9.66. The van der Waals surface area contributed by atoms with E-state index in [1.165, 1.54) is 0 Å². The van der Waals surface area contributed by atoms with Crippen LogP contribution in [0.25, 0.3) is 0 Å². The summed E-state index contributed by atoms with van der Waals surface area (Å²) < 4.78 is 11.0. The number of ether oxygens (including phenoxy) is 2. The molecule has 4 rings (SSSR count). The number of aliphatic hydroxyl groups is 1. The first kappa shape index (κ1) is 23.6. The van der Waals surface area contributed by atoms with E-state index in [4.69, 9.17) is 9.47 Å². The largest absolute Gasteiger partial charge is 0.493 e. The van der Waals surface area contributed by atoms with Crippen molar-refractivity contribution in [3.8, 4) is 11.5 Å². The molecule has 0 radical (unpaired) electrons. The summed E-state index contributed by atoms with van der Waals surface area (Å²) in [4.78, 5) is 15.3. The number of amides is 1. The van der Waals surface area contributed by atoms with Gasteiger partial charge in [-0.15, -0.1) is 0 Å². The Hall–Kier alpha value is -2.57. The molecule has 3 atom stereocenters. The molecule has 0 spiro atoms. The van der Waals surface area contributed by atoms with Crippen molar-refractivity contribution >= 4 is 11.6 Å². The number of hydrogen-bond acceptors (Lipinski definition) is 5. The number of anilines is 1. The number of methoxy groups -OCH3 is 2. The van der Waals surface area contributed by atoms with Crippen LogP contribution in [0, 0.1) is 19.8 Å². The maximum absolute atomic E-state index is 13.1. The van der Waals surface area contributed by atoms with E-state index in [1.807, 2.05) is 44.2 Å². The molecular formula is C27H36N2O4. The van der Waals surface area contributed by atoms with Gasteiger partial charge in [-0.25, -0.2) is 0 Å². The van der Waals surface area contributed by atoms with Gasteiger partial charge >= 0.3 is 0 Å². The number of hydrogen-bond donors (Lipinski definition) is 2. The van der Waals surface area contributed by atoms with Crippen LogP contribution in [0.1, 0.15) is 54.8 Å². The van der Waals surface area contributed by atoms with Gasteiger partial charge in [-0.1, -0.05) is 25.0 Å². The van der Waals surface area contributed by atoms with Crippen LogP contribution in [0.15, 0.2) is 36.4 Å². The van der Waals surface area contributed by atoms with Gasteiger partial charge in [-0.3, -0.25) is 9.69 Å². The molecule has 2 aromatic rings. The van der Waals surface area contributed by atoms with Crippen molar-refractivity contribution in [3.63, 3.8) is 0 Å². The molecule has 2 fully saturated rings. The monoisotopic (exact) mass is 452 g/mol. The third-order valence-electron chi connectivity index (χ3n) is 7.27. The first-order chi connectivity index (χ1) is 15.8. The van der Waals surface area contributed by atoms with Crippen molar-refractivity contribution in [3.05, 3.63) is 53.1 Å². The van der Waals surface area contributed by atoms with Crippen LogP contribution in [-0.4, -0.2) is 48.8 Å². The van der Waals surface area contributed by atoms with Crippen molar-refractivity contribution in [1.29, 1.82) is 0 Å². The number of benzene rings is 2. The van der Waals surface area contributed by atoms with E-state index in [2.05, 4.69) is 16.3 Å². The van der Waals surface area contributed by atoms with E-state index in [0.717, 1.165) is 48.1 Å². The Labute approximate surface area is 196 Å². The molecule has 0 aromatic heterocycles. The van der Waals surface area contributed by atoms with Crippen molar-refractivity contribution in [2.45, 2.75) is 57.6 Å². The van der Waals surface area contributed by atoms with E-state index < -0.39 is 5.60 Å². The number of fused-ring (bicyclic) bond motifs is 1. The quantitative estimate of drug-likeness (QED) is 0.669. The first-order valence-electron chi connectivity index (χ1n) is 11.9. The Morgan fingerprint density at radius 3 is 2.48 bits per heavy atom. The Morgan fingerprint density at radius 1 is 1.06 bits per heavy atom. The molecule has 1 saturated heterocycles. The molecule has 2 aromatic carbocycles. The van der Waals surface area contributed by atoms with Crippen LogP contribution in [0.5, 0.6) is 11.5 Å². The lowest BCUT2D eigenvalue weighted by Gasteiger charge is -2.52. The summed E-state index contributed by atoms with van der Waals surface area (Å²) >= 11 is 0. The zero-order chi connectivity index (χ0) is 23.6. The molecule has 6 nitrogen and oxygen atoms in total. The van der Waals surface area contributed by atoms with Gasteiger partial charge in [0.15, 0.2) is 11.5 Å². The van der Waals surface area contributed by atoms with E-state index in [0.29, 0.717) is 24.5 Å². The van der Waals surface area contributed by atoms with Crippen LogP contribution in [0.2, 0.25) is 0 Å². The van der Waals surface area contributed by atoms with Gasteiger partial charge in [-0.05, 0) is 74.1 Å². The second-order valence-corrected chi connectivity index (χ2v) is 9.66. The fourth-order valence-electron chi connectivity index (χ4n) is 5.83. The summed E-state index contributed by atoms with van der Waals surface area (Å²) in [5.74, 6) is 1.38. The van der Waals surface area contributed by atoms with Crippen molar-refractivity contribution in [2.75, 3.05) is 32.6 Å². The second-order valence-electron chi connectivity index (χ2n) is 9.66. The SMILES string of the molecule is COc1ccc([C@H]2C3CCCCC3(O)CCN2CC(=O)Nc2cc(C)cc(C)c2)cc1OC. The van der Waals surface area contributed by atoms with Gasteiger partial charge in [0.05, 0.1) is 26.4 Å². The van der Waals surface area contributed by atoms with Crippen molar-refractivity contribution in [2.24, 2.45) is 5.92 Å². The minimum atomic E-state index is -0.684. The summed E-state index contributed by atoms with van der Waals surface area (Å²) in [6.07, 6.45) is 4.62. The number of aryl methyl sites for hydroxylation is 2. The maximum atomic E-state index is 13.1. The number of carbonyl (C=O) groups excluding carboxylic acids is 1. The van der Waals surface area contributed by atoms with E-state index in [1.54, 1.807) is 14.2 Å². The molecule has 1 heterocycles. The molecule has 178 valence electrons. The Balaban J connectivity index is 1.62. The summed E-state index contributed by atoms with van der Waals surface area (Å²) in [6, 6.07) is 12.0. The third kappa shape index (κ3) is 5.02. The van der Waals surface area contributed by atoms with Gasteiger partial charge in [0.2, 0.25) is 5.91 Å².